The number of nitrogens with one attached hydrogen (secondary N) is 1. The summed E-state index contributed by atoms with van der Waals surface area (Å²) in [5.74, 6) is -0.0368. The number of carbonyl (C=O) groups is 1. The SMILES string of the molecule is Cc1ccc(S(=O)(=O)N(C)c2ccc3sc(C(=O)NC4CCCCC4)cc3c2)cc1. The summed E-state index contributed by atoms with van der Waals surface area (Å²) in [5, 5.41) is 4.02. The van der Waals surface area contributed by atoms with Crippen LogP contribution in [0.1, 0.15) is 47.3 Å². The van der Waals surface area contributed by atoms with Gasteiger partial charge in [0.1, 0.15) is 0 Å². The largest absolute Gasteiger partial charge is 0.349 e. The van der Waals surface area contributed by atoms with Crippen LogP contribution in [-0.2, 0) is 10.0 Å². The Morgan fingerprint density at radius 2 is 1.73 bits per heavy atom. The average molecular weight is 443 g/mol. The van der Waals surface area contributed by atoms with Gasteiger partial charge >= 0.3 is 0 Å². The van der Waals surface area contributed by atoms with Crippen molar-refractivity contribution in [3.63, 3.8) is 0 Å². The molecule has 3 aromatic rings. The molecule has 7 heteroatoms. The van der Waals surface area contributed by atoms with Gasteiger partial charge < -0.3 is 5.32 Å². The minimum atomic E-state index is -3.65. The Morgan fingerprint density at radius 3 is 2.43 bits per heavy atom. The van der Waals surface area contributed by atoms with Crippen molar-refractivity contribution in [3.05, 3.63) is 59.0 Å². The fraction of sp³-hybridized carbons (Fsp3) is 0.348. The van der Waals surface area contributed by atoms with Crippen LogP contribution >= 0.6 is 11.3 Å². The highest BCUT2D eigenvalue weighted by atomic mass is 32.2. The van der Waals surface area contributed by atoms with E-state index in [0.29, 0.717) is 10.6 Å². The lowest BCUT2D eigenvalue weighted by atomic mass is 9.95. The molecule has 1 fully saturated rings. The van der Waals surface area contributed by atoms with Gasteiger partial charge in [0.2, 0.25) is 0 Å². The van der Waals surface area contributed by atoms with Crippen molar-refractivity contribution < 1.29 is 13.2 Å². The molecule has 30 heavy (non-hydrogen) atoms. The number of anilines is 1. The third kappa shape index (κ3) is 4.23. The monoisotopic (exact) mass is 442 g/mol. The minimum absolute atomic E-state index is 0.0368. The van der Waals surface area contributed by atoms with E-state index in [1.807, 2.05) is 25.1 Å². The Balaban J connectivity index is 1.57. The summed E-state index contributed by atoms with van der Waals surface area (Å²) in [4.78, 5) is 13.6. The zero-order valence-electron chi connectivity index (χ0n) is 17.2. The van der Waals surface area contributed by atoms with Crippen molar-refractivity contribution in [2.45, 2.75) is 50.0 Å². The van der Waals surface area contributed by atoms with Gasteiger partial charge in [-0.05, 0) is 61.5 Å². The smallest absolute Gasteiger partial charge is 0.264 e. The van der Waals surface area contributed by atoms with E-state index >= 15 is 0 Å². The summed E-state index contributed by atoms with van der Waals surface area (Å²) in [6, 6.07) is 14.4. The van der Waals surface area contributed by atoms with Crippen LogP contribution in [0.5, 0.6) is 0 Å². The molecule has 0 atom stereocenters. The van der Waals surface area contributed by atoms with Crippen LogP contribution in [0.4, 0.5) is 5.69 Å². The highest BCUT2D eigenvalue weighted by molar-refractivity contribution is 7.92. The van der Waals surface area contributed by atoms with Crippen LogP contribution in [0.25, 0.3) is 10.1 Å². The standard InChI is InChI=1S/C23H26N2O3S2/c1-16-8-11-20(12-9-16)30(27,28)25(2)19-10-13-21-17(14-19)15-22(29-21)23(26)24-18-6-4-3-5-7-18/h8-15,18H,3-7H2,1-2H3,(H,24,26). The van der Waals surface area contributed by atoms with E-state index in [-0.39, 0.29) is 16.8 Å². The number of fused-ring (bicyclic) bond motifs is 1. The summed E-state index contributed by atoms with van der Waals surface area (Å²) in [6.07, 6.45) is 5.67. The molecule has 2 aromatic carbocycles. The Bertz CT molecular complexity index is 1160. The number of sulfonamides is 1. The molecule has 5 nitrogen and oxygen atoms in total. The molecule has 0 unspecified atom stereocenters. The zero-order chi connectivity index (χ0) is 21.3. The molecule has 1 aliphatic rings. The van der Waals surface area contributed by atoms with Crippen LogP contribution in [0.3, 0.4) is 0 Å². The second-order valence-corrected chi connectivity index (χ2v) is 11.0. The molecule has 1 N–H and O–H groups in total. The zero-order valence-corrected chi connectivity index (χ0v) is 18.9. The Kier molecular flexibility index (Phi) is 5.84. The summed E-state index contributed by atoms with van der Waals surface area (Å²) in [6.45, 7) is 1.92. The van der Waals surface area contributed by atoms with Crippen LogP contribution in [0.15, 0.2) is 53.4 Å². The molecule has 1 saturated carbocycles. The molecule has 1 amide bonds. The van der Waals surface area contributed by atoms with Crippen LogP contribution in [-0.4, -0.2) is 27.4 Å². The second kappa shape index (κ2) is 8.40. The topological polar surface area (TPSA) is 66.5 Å². The Hall–Kier alpha value is -2.38. The summed E-state index contributed by atoms with van der Waals surface area (Å²) in [7, 11) is -2.09. The first kappa shape index (κ1) is 20.9. The second-order valence-electron chi connectivity index (χ2n) is 7.93. The third-order valence-corrected chi connectivity index (χ3v) is 8.62. The van der Waals surface area contributed by atoms with Gasteiger partial charge in [0.25, 0.3) is 15.9 Å². The van der Waals surface area contributed by atoms with E-state index in [0.717, 1.165) is 28.5 Å². The molecular weight excluding hydrogens is 416 g/mol. The fourth-order valence-corrected chi connectivity index (χ4v) is 5.98. The maximum atomic E-state index is 13.0. The van der Waals surface area contributed by atoms with E-state index in [4.69, 9.17) is 0 Å². The molecule has 0 bridgehead atoms. The highest BCUT2D eigenvalue weighted by Crippen LogP contribution is 2.31. The normalized spacial score (nSPS) is 15.3. The van der Waals surface area contributed by atoms with Crippen molar-refractivity contribution >= 4 is 43.0 Å². The minimum Gasteiger partial charge on any atom is -0.349 e. The van der Waals surface area contributed by atoms with Gasteiger partial charge in [0.15, 0.2) is 0 Å². The summed E-state index contributed by atoms with van der Waals surface area (Å²) >= 11 is 1.44. The first-order valence-electron chi connectivity index (χ1n) is 10.2. The number of nitrogens with zero attached hydrogens (tertiary/aromatic N) is 1. The van der Waals surface area contributed by atoms with Gasteiger partial charge in [-0.3, -0.25) is 9.10 Å². The number of benzene rings is 2. The lowest BCUT2D eigenvalue weighted by Crippen LogP contribution is -2.35. The van der Waals surface area contributed by atoms with Crippen molar-refractivity contribution in [1.29, 1.82) is 0 Å². The number of hydrogen-bond donors (Lipinski definition) is 1. The lowest BCUT2D eigenvalue weighted by Gasteiger charge is -2.22. The van der Waals surface area contributed by atoms with Crippen LogP contribution in [0, 0.1) is 6.92 Å². The van der Waals surface area contributed by atoms with Gasteiger partial charge in [0.05, 0.1) is 15.5 Å². The molecule has 1 aliphatic carbocycles. The summed E-state index contributed by atoms with van der Waals surface area (Å²) < 4.78 is 28.2. The Labute approximate surface area is 181 Å². The highest BCUT2D eigenvalue weighted by Gasteiger charge is 2.22. The van der Waals surface area contributed by atoms with Crippen molar-refractivity contribution in [2.24, 2.45) is 0 Å². The van der Waals surface area contributed by atoms with E-state index in [1.54, 1.807) is 37.4 Å². The molecule has 0 spiro atoms. The maximum absolute atomic E-state index is 13.0. The van der Waals surface area contributed by atoms with Crippen LogP contribution < -0.4 is 9.62 Å². The molecule has 1 aromatic heterocycles. The number of carbonyl (C=O) groups excluding carboxylic acids is 1. The van der Waals surface area contributed by atoms with E-state index in [9.17, 15) is 13.2 Å². The quantitative estimate of drug-likeness (QED) is 0.598. The molecule has 0 saturated heterocycles. The fourth-order valence-electron chi connectivity index (χ4n) is 3.85. The van der Waals surface area contributed by atoms with Gasteiger partial charge in [-0.2, -0.15) is 0 Å². The predicted octanol–water partition coefficient (Wildman–Crippen LogP) is 5.10. The Morgan fingerprint density at radius 1 is 1.03 bits per heavy atom. The number of rotatable bonds is 5. The van der Waals surface area contributed by atoms with E-state index in [1.165, 1.54) is 34.9 Å². The van der Waals surface area contributed by atoms with Gasteiger partial charge in [-0.1, -0.05) is 37.0 Å². The number of amides is 1. The summed E-state index contributed by atoms with van der Waals surface area (Å²) in [5.41, 5.74) is 1.58. The molecule has 0 radical (unpaired) electrons. The first-order chi connectivity index (χ1) is 14.3. The molecule has 4 rings (SSSR count). The molecular formula is C23H26N2O3S2. The number of aryl methyl sites for hydroxylation is 1. The number of thiophene rings is 1. The van der Waals surface area contributed by atoms with Crippen LogP contribution in [0.2, 0.25) is 0 Å². The average Bonchev–Trinajstić information content (AvgIpc) is 3.18. The lowest BCUT2D eigenvalue weighted by molar-refractivity contribution is 0.0932. The third-order valence-electron chi connectivity index (χ3n) is 5.71. The molecule has 158 valence electrons. The van der Waals surface area contributed by atoms with E-state index < -0.39 is 10.0 Å². The first-order valence-corrected chi connectivity index (χ1v) is 12.5. The molecule has 0 aliphatic heterocycles. The maximum Gasteiger partial charge on any atom is 0.264 e. The molecule has 1 heterocycles. The predicted molar refractivity (Wildman–Crippen MR) is 123 cm³/mol. The van der Waals surface area contributed by atoms with Crippen molar-refractivity contribution in [3.8, 4) is 0 Å². The van der Waals surface area contributed by atoms with Gasteiger partial charge in [-0.15, -0.1) is 11.3 Å². The van der Waals surface area contributed by atoms with Gasteiger partial charge in [0, 0.05) is 17.8 Å². The number of hydrogen-bond acceptors (Lipinski definition) is 4. The van der Waals surface area contributed by atoms with Crippen molar-refractivity contribution in [1.82, 2.24) is 5.32 Å². The van der Waals surface area contributed by atoms with Gasteiger partial charge in [-0.25, -0.2) is 8.42 Å². The van der Waals surface area contributed by atoms with E-state index in [2.05, 4.69) is 5.32 Å². The van der Waals surface area contributed by atoms with Crippen molar-refractivity contribution in [2.75, 3.05) is 11.4 Å².